The van der Waals surface area contributed by atoms with Gasteiger partial charge in [-0.15, -0.1) is 11.8 Å². The van der Waals surface area contributed by atoms with Crippen LogP contribution in [0.15, 0.2) is 71.5 Å². The van der Waals surface area contributed by atoms with Crippen LogP contribution in [0, 0.1) is 6.92 Å². The van der Waals surface area contributed by atoms with Crippen molar-refractivity contribution < 1.29 is 0 Å². The average molecular weight is 415 g/mol. The summed E-state index contributed by atoms with van der Waals surface area (Å²) in [6.45, 7) is 9.10. The normalized spacial score (nSPS) is 14.7. The number of fused-ring (bicyclic) bond motifs is 1. The van der Waals surface area contributed by atoms with Crippen molar-refractivity contribution in [3.05, 3.63) is 94.7 Å². The number of nitrogens with zero attached hydrogens (tertiary/aromatic N) is 4. The summed E-state index contributed by atoms with van der Waals surface area (Å²) in [6.07, 6.45) is 9.06. The van der Waals surface area contributed by atoms with E-state index in [2.05, 4.69) is 81.9 Å². The van der Waals surface area contributed by atoms with Gasteiger partial charge >= 0.3 is 0 Å². The smallest absolute Gasteiger partial charge is 0.140 e. The van der Waals surface area contributed by atoms with Crippen molar-refractivity contribution in [3.63, 3.8) is 0 Å². The molecule has 0 saturated heterocycles. The molecule has 1 aliphatic heterocycles. The summed E-state index contributed by atoms with van der Waals surface area (Å²) in [5.74, 6) is 2.42. The second kappa shape index (κ2) is 9.26. The average Bonchev–Trinajstić information content (AvgIpc) is 3.26. The molecular formula is C25H26N4S. The van der Waals surface area contributed by atoms with Gasteiger partial charge in [0, 0.05) is 47.7 Å². The zero-order chi connectivity index (χ0) is 20.9. The van der Waals surface area contributed by atoms with Crippen molar-refractivity contribution in [1.82, 2.24) is 14.5 Å². The van der Waals surface area contributed by atoms with E-state index in [0.29, 0.717) is 5.92 Å². The van der Waals surface area contributed by atoms with E-state index >= 15 is 0 Å². The fraction of sp³-hybridized carbons (Fsp3) is 0.240. The second-order valence-corrected chi connectivity index (χ2v) is 8.41. The molecule has 3 heterocycles. The molecule has 0 aliphatic carbocycles. The molecule has 2 aromatic heterocycles. The summed E-state index contributed by atoms with van der Waals surface area (Å²) < 4.78 is 2.21. The SMILES string of the molecule is C=N/C(=C\SCC(C)c1cccnc1C)c1cccc(C2=CCCn3ccnc32)c1. The number of rotatable bonds is 7. The third-order valence-corrected chi connectivity index (χ3v) is 6.52. The molecule has 5 heteroatoms. The van der Waals surface area contributed by atoms with E-state index in [0.717, 1.165) is 41.5 Å². The predicted molar refractivity (Wildman–Crippen MR) is 128 cm³/mol. The van der Waals surface area contributed by atoms with Gasteiger partial charge in [0.2, 0.25) is 0 Å². The predicted octanol–water partition coefficient (Wildman–Crippen LogP) is 5.96. The minimum atomic E-state index is 0.420. The lowest BCUT2D eigenvalue weighted by atomic mass is 9.99. The van der Waals surface area contributed by atoms with Gasteiger partial charge in [-0.1, -0.05) is 37.3 Å². The van der Waals surface area contributed by atoms with Gasteiger partial charge in [-0.05, 0) is 54.6 Å². The zero-order valence-corrected chi connectivity index (χ0v) is 18.3. The van der Waals surface area contributed by atoms with Crippen LogP contribution in [0.5, 0.6) is 0 Å². The highest BCUT2D eigenvalue weighted by Gasteiger charge is 2.16. The summed E-state index contributed by atoms with van der Waals surface area (Å²) in [5, 5.41) is 2.12. The fourth-order valence-corrected chi connectivity index (χ4v) is 4.77. The van der Waals surface area contributed by atoms with E-state index in [4.69, 9.17) is 0 Å². The molecule has 0 radical (unpaired) electrons. The molecule has 4 rings (SSSR count). The van der Waals surface area contributed by atoms with Gasteiger partial charge in [-0.3, -0.25) is 9.98 Å². The van der Waals surface area contributed by atoms with Crippen LogP contribution in [-0.4, -0.2) is 27.0 Å². The van der Waals surface area contributed by atoms with Crippen LogP contribution >= 0.6 is 11.8 Å². The molecule has 1 unspecified atom stereocenters. The molecule has 3 aromatic rings. The largest absolute Gasteiger partial charge is 0.331 e. The third kappa shape index (κ3) is 4.31. The summed E-state index contributed by atoms with van der Waals surface area (Å²) in [5.41, 5.74) is 6.72. The van der Waals surface area contributed by atoms with Crippen LogP contribution in [0.4, 0.5) is 0 Å². The Kier molecular flexibility index (Phi) is 6.29. The van der Waals surface area contributed by atoms with Crippen LogP contribution < -0.4 is 0 Å². The van der Waals surface area contributed by atoms with Gasteiger partial charge in [-0.25, -0.2) is 4.98 Å². The number of benzene rings is 1. The van der Waals surface area contributed by atoms with E-state index in [-0.39, 0.29) is 0 Å². The molecule has 0 spiro atoms. The van der Waals surface area contributed by atoms with E-state index in [1.54, 1.807) is 11.8 Å². The number of imidazole rings is 1. The molecule has 1 aromatic carbocycles. The van der Waals surface area contributed by atoms with Crippen LogP contribution in [0.1, 0.15) is 47.5 Å². The second-order valence-electron chi connectivity index (χ2n) is 7.51. The number of allylic oxidation sites excluding steroid dienone is 1. The molecule has 0 N–H and O–H groups in total. The first kappa shape index (κ1) is 20.4. The zero-order valence-electron chi connectivity index (χ0n) is 17.5. The molecule has 0 fully saturated rings. The summed E-state index contributed by atoms with van der Waals surface area (Å²) in [4.78, 5) is 13.3. The minimum absolute atomic E-state index is 0.420. The fourth-order valence-electron chi connectivity index (χ4n) is 3.84. The Morgan fingerprint density at radius 2 is 2.17 bits per heavy atom. The number of aromatic nitrogens is 3. The standard InChI is InChI=1S/C25H26N4S/c1-18(22-9-5-11-27-19(22)2)16-30-17-24(26-3)21-8-4-7-20(15-21)23-10-6-13-29-14-12-28-25(23)29/h4-5,7-12,14-15,17-18H,3,6,13,16H2,1-2H3/b24-17-. The Hall–Kier alpha value is -2.92. The van der Waals surface area contributed by atoms with Crippen LogP contribution in [0.3, 0.4) is 0 Å². The van der Waals surface area contributed by atoms with Gasteiger partial charge in [0.1, 0.15) is 5.82 Å². The van der Waals surface area contributed by atoms with Gasteiger partial charge < -0.3 is 4.57 Å². The quantitative estimate of drug-likeness (QED) is 0.448. The van der Waals surface area contributed by atoms with Crippen molar-refractivity contribution in [2.45, 2.75) is 32.7 Å². The lowest BCUT2D eigenvalue weighted by Crippen LogP contribution is -2.08. The number of hydrogen-bond donors (Lipinski definition) is 0. The highest BCUT2D eigenvalue weighted by Crippen LogP contribution is 2.30. The number of pyridine rings is 1. The number of aryl methyl sites for hydroxylation is 2. The molecule has 1 atom stereocenters. The van der Waals surface area contributed by atoms with Gasteiger partial charge in [0.05, 0.1) is 5.70 Å². The van der Waals surface area contributed by atoms with E-state index in [1.807, 2.05) is 24.7 Å². The van der Waals surface area contributed by atoms with Crippen molar-refractivity contribution in [3.8, 4) is 0 Å². The summed E-state index contributed by atoms with van der Waals surface area (Å²) in [7, 11) is 0. The van der Waals surface area contributed by atoms with Crippen molar-refractivity contribution in [2.24, 2.45) is 4.99 Å². The molecule has 0 bridgehead atoms. The molecule has 30 heavy (non-hydrogen) atoms. The molecule has 0 amide bonds. The minimum Gasteiger partial charge on any atom is -0.331 e. The van der Waals surface area contributed by atoms with Crippen molar-refractivity contribution in [2.75, 3.05) is 5.75 Å². The topological polar surface area (TPSA) is 43.1 Å². The first-order valence-corrected chi connectivity index (χ1v) is 11.2. The Morgan fingerprint density at radius 3 is 3.00 bits per heavy atom. The maximum atomic E-state index is 4.55. The Morgan fingerprint density at radius 1 is 1.27 bits per heavy atom. The van der Waals surface area contributed by atoms with E-state index < -0.39 is 0 Å². The Labute approximate surface area is 182 Å². The first-order valence-electron chi connectivity index (χ1n) is 10.2. The number of aliphatic imine (C=N–C) groups is 1. The van der Waals surface area contributed by atoms with Crippen molar-refractivity contribution >= 4 is 29.7 Å². The molecule has 152 valence electrons. The van der Waals surface area contributed by atoms with Crippen LogP contribution in [0.25, 0.3) is 11.3 Å². The monoisotopic (exact) mass is 414 g/mol. The molecule has 4 nitrogen and oxygen atoms in total. The molecular weight excluding hydrogens is 388 g/mol. The first-order chi connectivity index (χ1) is 14.7. The number of hydrogen-bond acceptors (Lipinski definition) is 4. The van der Waals surface area contributed by atoms with Crippen molar-refractivity contribution in [1.29, 1.82) is 0 Å². The maximum absolute atomic E-state index is 4.55. The highest BCUT2D eigenvalue weighted by molar-refractivity contribution is 8.02. The summed E-state index contributed by atoms with van der Waals surface area (Å²) >= 11 is 1.77. The van der Waals surface area contributed by atoms with Crippen LogP contribution in [-0.2, 0) is 6.54 Å². The molecule has 0 saturated carbocycles. The summed E-state index contributed by atoms with van der Waals surface area (Å²) in [6, 6.07) is 12.7. The third-order valence-electron chi connectivity index (χ3n) is 5.43. The Bertz CT molecular complexity index is 1110. The maximum Gasteiger partial charge on any atom is 0.140 e. The lowest BCUT2D eigenvalue weighted by Gasteiger charge is -2.16. The van der Waals surface area contributed by atoms with Gasteiger partial charge in [0.25, 0.3) is 0 Å². The van der Waals surface area contributed by atoms with Crippen LogP contribution in [0.2, 0.25) is 0 Å². The van der Waals surface area contributed by atoms with E-state index in [1.165, 1.54) is 16.7 Å². The van der Waals surface area contributed by atoms with E-state index in [9.17, 15) is 0 Å². The highest BCUT2D eigenvalue weighted by atomic mass is 32.2. The number of thioether (sulfide) groups is 1. The Balaban J connectivity index is 1.51. The lowest BCUT2D eigenvalue weighted by molar-refractivity contribution is 0.684. The van der Waals surface area contributed by atoms with Gasteiger partial charge in [0.15, 0.2) is 0 Å². The van der Waals surface area contributed by atoms with Gasteiger partial charge in [-0.2, -0.15) is 0 Å². The molecule has 1 aliphatic rings.